The van der Waals surface area contributed by atoms with Gasteiger partial charge in [-0.1, -0.05) is 12.2 Å². The molecule has 13 heavy (non-hydrogen) atoms. The number of anilines is 1. The SMILES string of the molecule is C=C(C)CNc1nc(Cl)ncc1C. The van der Waals surface area contributed by atoms with Crippen LogP contribution in [0.4, 0.5) is 5.82 Å². The van der Waals surface area contributed by atoms with Crippen LogP contribution in [0.5, 0.6) is 0 Å². The van der Waals surface area contributed by atoms with Crippen molar-refractivity contribution in [2.24, 2.45) is 0 Å². The zero-order valence-corrected chi connectivity index (χ0v) is 8.52. The van der Waals surface area contributed by atoms with E-state index >= 15 is 0 Å². The molecule has 0 aliphatic rings. The van der Waals surface area contributed by atoms with Crippen LogP contribution in [0.1, 0.15) is 12.5 Å². The Morgan fingerprint density at radius 3 is 3.00 bits per heavy atom. The highest BCUT2D eigenvalue weighted by Crippen LogP contribution is 2.12. The number of aryl methyl sites for hydroxylation is 1. The summed E-state index contributed by atoms with van der Waals surface area (Å²) in [7, 11) is 0. The fourth-order valence-electron chi connectivity index (χ4n) is 0.834. The predicted octanol–water partition coefficient (Wildman–Crippen LogP) is 2.43. The van der Waals surface area contributed by atoms with Crippen LogP contribution < -0.4 is 5.32 Å². The molecule has 0 atom stereocenters. The molecule has 4 heteroatoms. The van der Waals surface area contributed by atoms with Crippen LogP contribution in [0.25, 0.3) is 0 Å². The molecule has 0 aliphatic heterocycles. The Bertz CT molecular complexity index is 323. The summed E-state index contributed by atoms with van der Waals surface area (Å²) in [6, 6.07) is 0. The van der Waals surface area contributed by atoms with Crippen molar-refractivity contribution < 1.29 is 0 Å². The second-order valence-electron chi connectivity index (χ2n) is 2.98. The Balaban J connectivity index is 2.75. The van der Waals surface area contributed by atoms with Gasteiger partial charge in [-0.05, 0) is 25.4 Å². The van der Waals surface area contributed by atoms with E-state index in [1.54, 1.807) is 6.20 Å². The highest BCUT2D eigenvalue weighted by molar-refractivity contribution is 6.28. The van der Waals surface area contributed by atoms with E-state index in [0.717, 1.165) is 17.0 Å². The summed E-state index contributed by atoms with van der Waals surface area (Å²) < 4.78 is 0. The lowest BCUT2D eigenvalue weighted by molar-refractivity contribution is 1.09. The van der Waals surface area contributed by atoms with Gasteiger partial charge in [0.15, 0.2) is 0 Å². The van der Waals surface area contributed by atoms with E-state index in [1.165, 1.54) is 0 Å². The second kappa shape index (κ2) is 4.23. The van der Waals surface area contributed by atoms with Gasteiger partial charge in [-0.2, -0.15) is 0 Å². The van der Waals surface area contributed by atoms with Crippen molar-refractivity contribution in [1.82, 2.24) is 9.97 Å². The molecule has 0 aromatic carbocycles. The molecule has 0 spiro atoms. The van der Waals surface area contributed by atoms with E-state index in [2.05, 4.69) is 21.9 Å². The van der Waals surface area contributed by atoms with E-state index < -0.39 is 0 Å². The minimum Gasteiger partial charge on any atom is -0.366 e. The summed E-state index contributed by atoms with van der Waals surface area (Å²) >= 11 is 5.65. The first-order chi connectivity index (χ1) is 6.09. The third kappa shape index (κ3) is 3.03. The van der Waals surface area contributed by atoms with Gasteiger partial charge in [-0.15, -0.1) is 0 Å². The lowest BCUT2D eigenvalue weighted by atomic mass is 10.3. The topological polar surface area (TPSA) is 37.8 Å². The second-order valence-corrected chi connectivity index (χ2v) is 3.32. The molecule has 0 bridgehead atoms. The number of hydrogen-bond donors (Lipinski definition) is 1. The first-order valence-corrected chi connectivity index (χ1v) is 4.35. The van der Waals surface area contributed by atoms with Crippen LogP contribution >= 0.6 is 11.6 Å². The lowest BCUT2D eigenvalue weighted by Crippen LogP contribution is -2.06. The van der Waals surface area contributed by atoms with Gasteiger partial charge in [0.05, 0.1) is 0 Å². The van der Waals surface area contributed by atoms with E-state index in [-0.39, 0.29) is 5.28 Å². The minimum atomic E-state index is 0.259. The monoisotopic (exact) mass is 197 g/mol. The molecule has 1 N–H and O–H groups in total. The van der Waals surface area contributed by atoms with E-state index in [1.807, 2.05) is 13.8 Å². The van der Waals surface area contributed by atoms with Crippen molar-refractivity contribution in [2.45, 2.75) is 13.8 Å². The number of aromatic nitrogens is 2. The quantitative estimate of drug-likeness (QED) is 0.598. The van der Waals surface area contributed by atoms with Crippen LogP contribution in [0, 0.1) is 6.92 Å². The van der Waals surface area contributed by atoms with Crippen molar-refractivity contribution in [3.8, 4) is 0 Å². The zero-order valence-electron chi connectivity index (χ0n) is 7.76. The first kappa shape index (κ1) is 9.99. The zero-order chi connectivity index (χ0) is 9.84. The molecule has 0 fully saturated rings. The molecule has 3 nitrogen and oxygen atoms in total. The van der Waals surface area contributed by atoms with Crippen molar-refractivity contribution in [2.75, 3.05) is 11.9 Å². The molecule has 0 radical (unpaired) electrons. The van der Waals surface area contributed by atoms with Gasteiger partial charge in [-0.25, -0.2) is 9.97 Å². The van der Waals surface area contributed by atoms with Gasteiger partial charge in [0, 0.05) is 18.3 Å². The average Bonchev–Trinajstić information content (AvgIpc) is 2.06. The predicted molar refractivity (Wildman–Crippen MR) is 55.1 cm³/mol. The third-order valence-electron chi connectivity index (χ3n) is 1.50. The summed E-state index contributed by atoms with van der Waals surface area (Å²) in [5.41, 5.74) is 2.03. The first-order valence-electron chi connectivity index (χ1n) is 3.97. The maximum Gasteiger partial charge on any atom is 0.224 e. The van der Waals surface area contributed by atoms with Crippen molar-refractivity contribution in [3.63, 3.8) is 0 Å². The highest BCUT2D eigenvalue weighted by Gasteiger charge is 2.00. The van der Waals surface area contributed by atoms with Crippen LogP contribution in [-0.4, -0.2) is 16.5 Å². The standard InChI is InChI=1S/C9H12ClN3/c1-6(2)4-11-8-7(3)5-12-9(10)13-8/h5H,1,4H2,2-3H3,(H,11,12,13). The smallest absolute Gasteiger partial charge is 0.224 e. The van der Waals surface area contributed by atoms with Crippen molar-refractivity contribution in [3.05, 3.63) is 29.2 Å². The molecule has 0 unspecified atom stereocenters. The van der Waals surface area contributed by atoms with Gasteiger partial charge >= 0.3 is 0 Å². The molecule has 0 saturated heterocycles. The summed E-state index contributed by atoms with van der Waals surface area (Å²) in [6.45, 7) is 8.36. The largest absolute Gasteiger partial charge is 0.366 e. The molecular formula is C9H12ClN3. The summed E-state index contributed by atoms with van der Waals surface area (Å²) in [5, 5.41) is 3.38. The summed E-state index contributed by atoms with van der Waals surface area (Å²) in [6.07, 6.45) is 1.69. The van der Waals surface area contributed by atoms with Crippen LogP contribution in [0.2, 0.25) is 5.28 Å². The Kier molecular flexibility index (Phi) is 3.25. The van der Waals surface area contributed by atoms with Crippen molar-refractivity contribution in [1.29, 1.82) is 0 Å². The highest BCUT2D eigenvalue weighted by atomic mass is 35.5. The maximum atomic E-state index is 5.65. The van der Waals surface area contributed by atoms with Crippen LogP contribution in [-0.2, 0) is 0 Å². The number of nitrogens with one attached hydrogen (secondary N) is 1. The van der Waals surface area contributed by atoms with Crippen molar-refractivity contribution >= 4 is 17.4 Å². The number of nitrogens with zero attached hydrogens (tertiary/aromatic N) is 2. The Morgan fingerprint density at radius 1 is 1.69 bits per heavy atom. The van der Waals surface area contributed by atoms with E-state index in [4.69, 9.17) is 11.6 Å². The Labute approximate surface area is 82.9 Å². The average molecular weight is 198 g/mol. The molecule has 0 amide bonds. The lowest BCUT2D eigenvalue weighted by Gasteiger charge is -2.07. The number of hydrogen-bond acceptors (Lipinski definition) is 3. The molecule has 0 saturated carbocycles. The van der Waals surface area contributed by atoms with E-state index in [9.17, 15) is 0 Å². The minimum absolute atomic E-state index is 0.259. The van der Waals surface area contributed by atoms with Crippen LogP contribution in [0.3, 0.4) is 0 Å². The third-order valence-corrected chi connectivity index (χ3v) is 1.68. The van der Waals surface area contributed by atoms with Gasteiger partial charge in [0.25, 0.3) is 0 Å². The summed E-state index contributed by atoms with van der Waals surface area (Å²) in [5.74, 6) is 0.767. The van der Waals surface area contributed by atoms with Gasteiger partial charge < -0.3 is 5.32 Å². The van der Waals surface area contributed by atoms with Gasteiger partial charge in [-0.3, -0.25) is 0 Å². The fourth-order valence-corrected chi connectivity index (χ4v) is 0.967. The number of halogens is 1. The van der Waals surface area contributed by atoms with E-state index in [0.29, 0.717) is 6.54 Å². The normalized spacial score (nSPS) is 9.77. The molecule has 1 heterocycles. The molecule has 1 aromatic heterocycles. The molecule has 70 valence electrons. The number of rotatable bonds is 3. The molecule has 0 aliphatic carbocycles. The molecule has 1 aromatic rings. The summed E-state index contributed by atoms with van der Waals surface area (Å²) in [4.78, 5) is 7.91. The maximum absolute atomic E-state index is 5.65. The Hall–Kier alpha value is -1.09. The Morgan fingerprint density at radius 2 is 2.38 bits per heavy atom. The van der Waals surface area contributed by atoms with Gasteiger partial charge in [0.2, 0.25) is 5.28 Å². The molecular weight excluding hydrogens is 186 g/mol. The fraction of sp³-hybridized carbons (Fsp3) is 0.333. The van der Waals surface area contributed by atoms with Crippen LogP contribution in [0.15, 0.2) is 18.3 Å². The molecule has 1 rings (SSSR count). The van der Waals surface area contributed by atoms with Gasteiger partial charge in [0.1, 0.15) is 5.82 Å².